The van der Waals surface area contributed by atoms with Crippen molar-refractivity contribution in [3.8, 4) is 11.3 Å². The lowest BCUT2D eigenvalue weighted by atomic mass is 9.66. The van der Waals surface area contributed by atoms with Crippen LogP contribution in [-0.2, 0) is 22.6 Å². The van der Waals surface area contributed by atoms with E-state index in [2.05, 4.69) is 9.71 Å². The second-order valence-electron chi connectivity index (χ2n) is 8.92. The Bertz CT molecular complexity index is 997. The molecule has 4 fully saturated rings. The van der Waals surface area contributed by atoms with Crippen molar-refractivity contribution in [2.45, 2.75) is 50.2 Å². The van der Waals surface area contributed by atoms with Gasteiger partial charge in [0, 0.05) is 40.1 Å². The van der Waals surface area contributed by atoms with E-state index in [1.54, 1.807) is 42.8 Å². The lowest BCUT2D eigenvalue weighted by Crippen LogP contribution is -2.70. The summed E-state index contributed by atoms with van der Waals surface area (Å²) in [5.74, 6) is 0.238. The lowest BCUT2D eigenvalue weighted by molar-refractivity contribution is -0.150. The number of amides is 1. The van der Waals surface area contributed by atoms with Gasteiger partial charge in [-0.05, 0) is 61.8 Å². The average molecular weight is 462 g/mol. The predicted octanol–water partition coefficient (Wildman–Crippen LogP) is 3.73. The van der Waals surface area contributed by atoms with Crippen LogP contribution in [0.2, 0.25) is 5.02 Å². The van der Waals surface area contributed by atoms with Gasteiger partial charge in [-0.2, -0.15) is 0 Å². The molecule has 2 bridgehead atoms. The molecule has 1 aromatic heterocycles. The first-order valence-electron chi connectivity index (χ1n) is 10.7. The number of rotatable bonds is 6. The van der Waals surface area contributed by atoms with Crippen LogP contribution in [0.25, 0.3) is 11.3 Å². The molecule has 2 aromatic rings. The molecule has 1 amide bonds. The van der Waals surface area contributed by atoms with Crippen molar-refractivity contribution in [2.75, 3.05) is 6.26 Å². The molecule has 2 aliphatic carbocycles. The van der Waals surface area contributed by atoms with Crippen molar-refractivity contribution in [1.82, 2.24) is 14.6 Å². The third kappa shape index (κ3) is 4.09. The van der Waals surface area contributed by atoms with Gasteiger partial charge in [0.1, 0.15) is 11.9 Å². The van der Waals surface area contributed by atoms with E-state index in [0.29, 0.717) is 28.5 Å². The maximum absolute atomic E-state index is 15.6. The van der Waals surface area contributed by atoms with Crippen LogP contribution >= 0.6 is 11.6 Å². The molecule has 6 rings (SSSR count). The largest absolute Gasteiger partial charge is 0.598 e. The van der Waals surface area contributed by atoms with E-state index in [-0.39, 0.29) is 41.5 Å². The summed E-state index contributed by atoms with van der Waals surface area (Å²) in [6, 6.07) is 8.55. The van der Waals surface area contributed by atoms with Crippen LogP contribution in [0.5, 0.6) is 0 Å². The van der Waals surface area contributed by atoms with Crippen LogP contribution in [0.15, 0.2) is 36.5 Å². The molecule has 3 atom stereocenters. The third-order valence-electron chi connectivity index (χ3n) is 6.80. The zero-order valence-corrected chi connectivity index (χ0v) is 18.8. The molecule has 3 heterocycles. The van der Waals surface area contributed by atoms with E-state index in [4.69, 9.17) is 11.6 Å². The minimum Gasteiger partial charge on any atom is -0.598 e. The standard InChI is InChI=1S/C23H25ClFN3O2S/c1-31(30)27-21-16-10-18(11-16)28(23(29)13-5-6-13)19(21)12-14-7-8-26-22(20(14)25)15-3-2-4-17(24)9-15/h2-4,7-9,13,16,18-19,21,27H,5-6,10-12H2,1H3. The number of carbonyl (C=O) groups is 1. The number of aromatic nitrogens is 1. The van der Waals surface area contributed by atoms with E-state index in [1.165, 1.54) is 0 Å². The monoisotopic (exact) mass is 461 g/mol. The summed E-state index contributed by atoms with van der Waals surface area (Å²) in [5, 5.41) is 0.521. The van der Waals surface area contributed by atoms with Crippen LogP contribution in [0.3, 0.4) is 0 Å². The summed E-state index contributed by atoms with van der Waals surface area (Å²) in [6.45, 7) is 0. The molecular formula is C23H25ClFN3O2S. The predicted molar refractivity (Wildman–Crippen MR) is 119 cm³/mol. The number of hydrogen-bond acceptors (Lipinski definition) is 4. The zero-order chi connectivity index (χ0) is 21.7. The van der Waals surface area contributed by atoms with Gasteiger partial charge in [-0.25, -0.2) is 4.39 Å². The highest BCUT2D eigenvalue weighted by atomic mass is 35.5. The van der Waals surface area contributed by atoms with Gasteiger partial charge in [-0.15, -0.1) is 4.72 Å². The molecule has 8 heteroatoms. The fourth-order valence-corrected chi connectivity index (χ4v) is 6.01. The Morgan fingerprint density at radius 2 is 2.13 bits per heavy atom. The van der Waals surface area contributed by atoms with Crippen LogP contribution < -0.4 is 4.72 Å². The van der Waals surface area contributed by atoms with Crippen molar-refractivity contribution in [3.05, 3.63) is 52.9 Å². The van der Waals surface area contributed by atoms with E-state index in [0.717, 1.165) is 25.7 Å². The fraction of sp³-hybridized carbons (Fsp3) is 0.478. The first-order chi connectivity index (χ1) is 14.9. The summed E-state index contributed by atoms with van der Waals surface area (Å²) in [6.07, 6.45) is 7.29. The molecule has 4 aliphatic rings. The number of benzene rings is 1. The average Bonchev–Trinajstić information content (AvgIpc) is 3.54. The molecule has 0 radical (unpaired) electrons. The van der Waals surface area contributed by atoms with Gasteiger partial charge < -0.3 is 9.45 Å². The van der Waals surface area contributed by atoms with Crippen molar-refractivity contribution >= 4 is 28.9 Å². The number of piperidine rings is 2. The molecule has 0 spiro atoms. The molecule has 3 unspecified atom stereocenters. The maximum atomic E-state index is 15.6. The zero-order valence-electron chi connectivity index (χ0n) is 17.3. The van der Waals surface area contributed by atoms with Crippen molar-refractivity contribution in [2.24, 2.45) is 11.8 Å². The van der Waals surface area contributed by atoms with Crippen molar-refractivity contribution in [3.63, 3.8) is 0 Å². The Hall–Kier alpha value is -1.67. The second-order valence-corrected chi connectivity index (χ2v) is 10.5. The topological polar surface area (TPSA) is 68.3 Å². The molecular weight excluding hydrogens is 437 g/mol. The Morgan fingerprint density at radius 1 is 1.35 bits per heavy atom. The first-order valence-corrected chi connectivity index (χ1v) is 12.7. The van der Waals surface area contributed by atoms with E-state index < -0.39 is 11.4 Å². The molecule has 2 saturated heterocycles. The number of fused-ring (bicyclic) bond motifs is 2. The lowest BCUT2D eigenvalue weighted by Gasteiger charge is -2.57. The first kappa shape index (κ1) is 21.2. The van der Waals surface area contributed by atoms with Crippen LogP contribution in [-0.4, -0.2) is 44.7 Å². The van der Waals surface area contributed by atoms with Crippen molar-refractivity contribution in [1.29, 1.82) is 0 Å². The molecule has 31 heavy (non-hydrogen) atoms. The van der Waals surface area contributed by atoms with Crippen molar-refractivity contribution < 1.29 is 13.7 Å². The van der Waals surface area contributed by atoms with Crippen LogP contribution in [0.4, 0.5) is 4.39 Å². The Kier molecular flexibility index (Phi) is 5.71. The maximum Gasteiger partial charge on any atom is 0.226 e. The highest BCUT2D eigenvalue weighted by Crippen LogP contribution is 2.46. The number of pyridine rings is 1. The van der Waals surface area contributed by atoms with E-state index in [1.807, 2.05) is 4.90 Å². The Morgan fingerprint density at radius 3 is 2.81 bits per heavy atom. The fourth-order valence-electron chi connectivity index (χ4n) is 5.09. The summed E-state index contributed by atoms with van der Waals surface area (Å²) >= 11 is 4.88. The minimum atomic E-state index is -1.21. The highest BCUT2D eigenvalue weighted by Gasteiger charge is 2.55. The van der Waals surface area contributed by atoms with Gasteiger partial charge in [0.25, 0.3) is 0 Å². The number of nitrogens with zero attached hydrogens (tertiary/aromatic N) is 2. The Balaban J connectivity index is 1.48. The second kappa shape index (κ2) is 8.35. The SMILES string of the molecule is C[S+]([O-])NC1C2CC(C2)N(C(=O)C2CC2)C1Cc1ccnc(-c2cccc(Cl)c2)c1F. The van der Waals surface area contributed by atoms with Gasteiger partial charge in [-0.1, -0.05) is 23.7 Å². The number of halogens is 2. The van der Waals surface area contributed by atoms with Gasteiger partial charge >= 0.3 is 0 Å². The smallest absolute Gasteiger partial charge is 0.226 e. The van der Waals surface area contributed by atoms with Crippen LogP contribution in [0.1, 0.15) is 31.2 Å². The summed E-state index contributed by atoms with van der Waals surface area (Å²) in [7, 11) is 0. The van der Waals surface area contributed by atoms with Gasteiger partial charge in [-0.3, -0.25) is 9.78 Å². The quantitative estimate of drug-likeness (QED) is 0.665. The molecule has 164 valence electrons. The Labute approximate surface area is 189 Å². The minimum absolute atomic E-state index is 0.0942. The van der Waals surface area contributed by atoms with E-state index in [9.17, 15) is 9.35 Å². The molecule has 5 nitrogen and oxygen atoms in total. The highest BCUT2D eigenvalue weighted by molar-refractivity contribution is 7.88. The molecule has 1 aromatic carbocycles. The summed E-state index contributed by atoms with van der Waals surface area (Å²) in [5.41, 5.74) is 1.39. The molecule has 2 aliphatic heterocycles. The number of carbonyl (C=O) groups excluding carboxylic acids is 1. The summed E-state index contributed by atoms with van der Waals surface area (Å²) < 4.78 is 30.8. The van der Waals surface area contributed by atoms with Gasteiger partial charge in [0.05, 0.1) is 12.1 Å². The van der Waals surface area contributed by atoms with Crippen LogP contribution in [0, 0.1) is 17.7 Å². The van der Waals surface area contributed by atoms with E-state index >= 15 is 4.39 Å². The third-order valence-corrected chi connectivity index (χ3v) is 7.64. The number of hydrogen-bond donors (Lipinski definition) is 1. The van der Waals surface area contributed by atoms with Gasteiger partial charge in [0.2, 0.25) is 5.91 Å². The number of nitrogens with one attached hydrogen (secondary N) is 1. The normalized spacial score (nSPS) is 28.2. The molecule has 2 saturated carbocycles. The van der Waals surface area contributed by atoms with Gasteiger partial charge in [0.15, 0.2) is 5.82 Å². The summed E-state index contributed by atoms with van der Waals surface area (Å²) in [4.78, 5) is 19.4. The molecule has 1 N–H and O–H groups in total.